The third-order valence-corrected chi connectivity index (χ3v) is 7.58. The van der Waals surface area contributed by atoms with Gasteiger partial charge in [0.15, 0.2) is 16.6 Å². The Morgan fingerprint density at radius 1 is 0.970 bits per heavy atom. The molecule has 0 radical (unpaired) electrons. The number of nitrogens with zero attached hydrogens (tertiary/aromatic N) is 3. The first kappa shape index (κ1) is 19.4. The summed E-state index contributed by atoms with van der Waals surface area (Å²) < 4.78 is 6.92. The van der Waals surface area contributed by atoms with Crippen LogP contribution in [0.4, 0.5) is 0 Å². The molecule has 0 bridgehead atoms. The summed E-state index contributed by atoms with van der Waals surface area (Å²) >= 11 is 2.98. The number of furan rings is 1. The van der Waals surface area contributed by atoms with Gasteiger partial charge in [0.05, 0.1) is 4.70 Å². The van der Waals surface area contributed by atoms with Crippen LogP contribution >= 0.6 is 22.7 Å². The summed E-state index contributed by atoms with van der Waals surface area (Å²) in [4.78, 5) is 19.5. The van der Waals surface area contributed by atoms with Crippen LogP contribution in [0.3, 0.4) is 0 Å². The van der Waals surface area contributed by atoms with Crippen molar-refractivity contribution in [2.45, 2.75) is 0 Å². The molecule has 0 fully saturated rings. The van der Waals surface area contributed by atoms with Crippen molar-refractivity contribution in [2.24, 2.45) is 0 Å². The van der Waals surface area contributed by atoms with Crippen molar-refractivity contribution in [3.05, 3.63) is 87.8 Å². The molecule has 0 atom stereocenters. The first-order valence-electron chi connectivity index (χ1n) is 9.96. The van der Waals surface area contributed by atoms with Crippen molar-refractivity contribution in [1.29, 1.82) is 10.5 Å². The fourth-order valence-corrected chi connectivity index (χ4v) is 6.13. The van der Waals surface area contributed by atoms with Crippen LogP contribution in [0, 0.1) is 22.7 Å². The summed E-state index contributed by atoms with van der Waals surface area (Å²) in [7, 11) is 0. The zero-order valence-corrected chi connectivity index (χ0v) is 18.5. The van der Waals surface area contributed by atoms with E-state index in [1.807, 2.05) is 48.5 Å². The number of thiazole rings is 1. The smallest absolute Gasteiger partial charge is 0.194 e. The Balaban J connectivity index is 1.43. The molecular weight excluding hydrogens is 450 g/mol. The van der Waals surface area contributed by atoms with E-state index in [-0.39, 0.29) is 11.4 Å². The number of carbonyl (C=O) groups is 1. The zero-order valence-electron chi connectivity index (χ0n) is 16.8. The van der Waals surface area contributed by atoms with E-state index in [0.717, 1.165) is 36.1 Å². The molecule has 2 aromatic carbocycles. The van der Waals surface area contributed by atoms with Gasteiger partial charge < -0.3 is 4.42 Å². The number of aromatic nitrogens is 1. The molecule has 0 N–H and O–H groups in total. The Morgan fingerprint density at radius 2 is 1.73 bits per heavy atom. The number of hydrogen-bond donors (Lipinski definition) is 0. The molecule has 3 heterocycles. The molecule has 154 valence electrons. The first-order valence-corrected chi connectivity index (χ1v) is 11.6. The topological polar surface area (TPSA) is 90.7 Å². The molecule has 5 aromatic rings. The standard InChI is InChI=1S/C26H11N3O2S2/c27-12-15(13-28)23-17-6-2-3-7-18(17)24(30)19(23)10-16-11-22-26(32-16)29-25(33-22)21-9-14-5-1-4-8-20(14)31-21/h1-11H/b19-10-. The second-order valence-electron chi connectivity index (χ2n) is 7.39. The van der Waals surface area contributed by atoms with E-state index in [1.165, 1.54) is 22.7 Å². The molecule has 0 aliphatic heterocycles. The molecule has 0 unspecified atom stereocenters. The molecule has 5 nitrogen and oxygen atoms in total. The number of rotatable bonds is 2. The molecule has 33 heavy (non-hydrogen) atoms. The molecule has 1 aliphatic carbocycles. The highest BCUT2D eigenvalue weighted by atomic mass is 32.1. The monoisotopic (exact) mass is 461 g/mol. The van der Waals surface area contributed by atoms with E-state index < -0.39 is 0 Å². The molecule has 3 aromatic heterocycles. The number of ketones is 1. The summed E-state index contributed by atoms with van der Waals surface area (Å²) in [6, 6.07) is 22.7. The average molecular weight is 462 g/mol. The highest BCUT2D eigenvalue weighted by Crippen LogP contribution is 2.42. The predicted octanol–water partition coefficient (Wildman–Crippen LogP) is 6.85. The molecule has 0 spiro atoms. The SMILES string of the molecule is N#CC(C#N)=C1/C(=C/c2cc3sc(-c4cc5ccccc5o4)nc3s2)C(=O)c2ccccc21. The fraction of sp³-hybridized carbons (Fsp3) is 0. The van der Waals surface area contributed by atoms with Gasteiger partial charge in [-0.1, -0.05) is 42.5 Å². The molecule has 1 aliphatic rings. The second-order valence-corrected chi connectivity index (χ2v) is 9.48. The average Bonchev–Trinajstić information content (AvgIpc) is 3.57. The third-order valence-electron chi connectivity index (χ3n) is 5.46. The molecular formula is C26H11N3O2S2. The second kappa shape index (κ2) is 7.39. The minimum Gasteiger partial charge on any atom is -0.454 e. The van der Waals surface area contributed by atoms with Crippen molar-refractivity contribution >= 4 is 60.6 Å². The number of allylic oxidation sites excluding steroid dienone is 3. The molecule has 7 heteroatoms. The van der Waals surface area contributed by atoms with Gasteiger partial charge >= 0.3 is 0 Å². The van der Waals surface area contributed by atoms with Crippen LogP contribution in [0.25, 0.3) is 42.9 Å². The van der Waals surface area contributed by atoms with Crippen molar-refractivity contribution in [3.63, 3.8) is 0 Å². The van der Waals surface area contributed by atoms with Gasteiger partial charge in [-0.05, 0) is 29.8 Å². The van der Waals surface area contributed by atoms with E-state index in [0.29, 0.717) is 22.3 Å². The van der Waals surface area contributed by atoms with E-state index in [4.69, 9.17) is 9.40 Å². The lowest BCUT2D eigenvalue weighted by Crippen LogP contribution is -1.95. The Bertz CT molecular complexity index is 1690. The summed E-state index contributed by atoms with van der Waals surface area (Å²) in [6.07, 6.45) is 1.76. The summed E-state index contributed by atoms with van der Waals surface area (Å²) in [5, 5.41) is 20.8. The largest absolute Gasteiger partial charge is 0.454 e. The highest BCUT2D eigenvalue weighted by molar-refractivity contribution is 7.29. The fourth-order valence-electron chi connectivity index (χ4n) is 4.01. The van der Waals surface area contributed by atoms with Crippen LogP contribution in [-0.4, -0.2) is 10.8 Å². The normalized spacial score (nSPS) is 14.1. The highest BCUT2D eigenvalue weighted by Gasteiger charge is 2.32. The van der Waals surface area contributed by atoms with Gasteiger partial charge in [-0.15, -0.1) is 22.7 Å². The number of benzene rings is 2. The summed E-state index contributed by atoms with van der Waals surface area (Å²) in [5.41, 5.74) is 2.64. The van der Waals surface area contributed by atoms with Crippen molar-refractivity contribution in [2.75, 3.05) is 0 Å². The van der Waals surface area contributed by atoms with Crippen LogP contribution in [-0.2, 0) is 0 Å². The van der Waals surface area contributed by atoms with Gasteiger partial charge in [0.1, 0.15) is 28.1 Å². The molecule has 0 saturated carbocycles. The van der Waals surface area contributed by atoms with E-state index >= 15 is 0 Å². The predicted molar refractivity (Wildman–Crippen MR) is 130 cm³/mol. The van der Waals surface area contributed by atoms with Gasteiger partial charge in [0.2, 0.25) is 0 Å². The van der Waals surface area contributed by atoms with Crippen LogP contribution in [0.15, 0.2) is 76.2 Å². The number of carbonyl (C=O) groups excluding carboxylic acids is 1. The van der Waals surface area contributed by atoms with Crippen LogP contribution in [0.1, 0.15) is 20.8 Å². The van der Waals surface area contributed by atoms with Gasteiger partial charge in [-0.2, -0.15) is 10.5 Å². The molecule has 6 rings (SSSR count). The van der Waals surface area contributed by atoms with Crippen molar-refractivity contribution in [1.82, 2.24) is 4.98 Å². The Labute approximate surface area is 195 Å². The number of nitriles is 2. The number of para-hydroxylation sites is 1. The summed E-state index contributed by atoms with van der Waals surface area (Å²) in [5.74, 6) is 0.542. The van der Waals surface area contributed by atoms with Crippen LogP contribution in [0.5, 0.6) is 0 Å². The first-order chi connectivity index (χ1) is 16.2. The van der Waals surface area contributed by atoms with Gasteiger partial charge in [-0.25, -0.2) is 4.98 Å². The number of hydrogen-bond acceptors (Lipinski definition) is 7. The maximum Gasteiger partial charge on any atom is 0.194 e. The summed E-state index contributed by atoms with van der Waals surface area (Å²) in [6.45, 7) is 0. The lowest BCUT2D eigenvalue weighted by molar-refractivity contribution is 0.104. The number of Topliss-reactive ketones (excluding diaryl/α,β-unsaturated/α-hetero) is 1. The Hall–Kier alpha value is -4.30. The van der Waals surface area contributed by atoms with Gasteiger partial charge in [0, 0.05) is 27.0 Å². The van der Waals surface area contributed by atoms with E-state index in [2.05, 4.69) is 0 Å². The van der Waals surface area contributed by atoms with E-state index in [1.54, 1.807) is 30.3 Å². The van der Waals surface area contributed by atoms with Crippen molar-refractivity contribution in [3.8, 4) is 22.9 Å². The number of fused-ring (bicyclic) bond motifs is 3. The maximum absolute atomic E-state index is 13.1. The van der Waals surface area contributed by atoms with Gasteiger partial charge in [-0.3, -0.25) is 4.79 Å². The third kappa shape index (κ3) is 3.03. The molecule has 0 amide bonds. The lowest BCUT2D eigenvalue weighted by Gasteiger charge is -2.01. The molecule has 0 saturated heterocycles. The van der Waals surface area contributed by atoms with Gasteiger partial charge in [0.25, 0.3) is 0 Å². The zero-order chi connectivity index (χ0) is 22.5. The minimum absolute atomic E-state index is 0.0665. The van der Waals surface area contributed by atoms with Crippen LogP contribution in [0.2, 0.25) is 0 Å². The van der Waals surface area contributed by atoms with Crippen molar-refractivity contribution < 1.29 is 9.21 Å². The van der Waals surface area contributed by atoms with E-state index in [9.17, 15) is 15.3 Å². The van der Waals surface area contributed by atoms with Crippen LogP contribution < -0.4 is 0 Å². The Kier molecular flexibility index (Phi) is 4.34. The lowest BCUT2D eigenvalue weighted by atomic mass is 9.99. The number of thiophene rings is 1. The quantitative estimate of drug-likeness (QED) is 0.212. The Morgan fingerprint density at radius 3 is 2.48 bits per heavy atom. The minimum atomic E-state index is -0.184. The maximum atomic E-state index is 13.1.